The average Bonchev–Trinajstić information content (AvgIpc) is 2.34. The standard InChI is InChI=1S/C13H19BrN2O.ClH/c1-2-3-7-12(9-15)16-13(17)10-5-4-6-11(14)8-10;/h4-6,8,12H,2-3,7,9,15H2,1H3,(H,16,17);1H. The Morgan fingerprint density at radius 3 is 2.78 bits per heavy atom. The van der Waals surface area contributed by atoms with Crippen molar-refractivity contribution in [3.05, 3.63) is 34.3 Å². The van der Waals surface area contributed by atoms with Gasteiger partial charge in [0.05, 0.1) is 0 Å². The van der Waals surface area contributed by atoms with Crippen LogP contribution < -0.4 is 11.1 Å². The van der Waals surface area contributed by atoms with Gasteiger partial charge in [0.15, 0.2) is 0 Å². The molecular weight excluding hydrogens is 316 g/mol. The van der Waals surface area contributed by atoms with Crippen LogP contribution in [0.1, 0.15) is 36.5 Å². The molecule has 0 spiro atoms. The summed E-state index contributed by atoms with van der Waals surface area (Å²) < 4.78 is 0.906. The molecule has 0 radical (unpaired) electrons. The number of rotatable bonds is 6. The molecule has 3 N–H and O–H groups in total. The Hall–Kier alpha value is -0.580. The Balaban J connectivity index is 0.00000289. The first kappa shape index (κ1) is 17.4. The lowest BCUT2D eigenvalue weighted by Crippen LogP contribution is -2.40. The fourth-order valence-corrected chi connectivity index (χ4v) is 2.00. The van der Waals surface area contributed by atoms with Gasteiger partial charge in [0.25, 0.3) is 5.91 Å². The van der Waals surface area contributed by atoms with Gasteiger partial charge in [-0.2, -0.15) is 0 Å². The van der Waals surface area contributed by atoms with Crippen LogP contribution in [0.3, 0.4) is 0 Å². The van der Waals surface area contributed by atoms with Crippen LogP contribution in [0.15, 0.2) is 28.7 Å². The number of benzene rings is 1. The van der Waals surface area contributed by atoms with Gasteiger partial charge in [0.1, 0.15) is 0 Å². The van der Waals surface area contributed by atoms with Crippen molar-refractivity contribution in [1.29, 1.82) is 0 Å². The van der Waals surface area contributed by atoms with Crippen LogP contribution in [-0.4, -0.2) is 18.5 Å². The average molecular weight is 336 g/mol. The quantitative estimate of drug-likeness (QED) is 0.839. The fourth-order valence-electron chi connectivity index (χ4n) is 1.60. The molecule has 5 heteroatoms. The molecule has 0 aromatic heterocycles. The third kappa shape index (κ3) is 5.85. The van der Waals surface area contributed by atoms with Gasteiger partial charge in [-0.05, 0) is 24.6 Å². The van der Waals surface area contributed by atoms with E-state index in [2.05, 4.69) is 28.2 Å². The highest BCUT2D eigenvalue weighted by Gasteiger charge is 2.11. The second-order valence-corrected chi connectivity index (χ2v) is 4.97. The van der Waals surface area contributed by atoms with Crippen molar-refractivity contribution >= 4 is 34.2 Å². The van der Waals surface area contributed by atoms with Crippen LogP contribution in [0.25, 0.3) is 0 Å². The van der Waals surface area contributed by atoms with Crippen LogP contribution in [-0.2, 0) is 0 Å². The van der Waals surface area contributed by atoms with E-state index in [9.17, 15) is 4.79 Å². The van der Waals surface area contributed by atoms with Gasteiger partial charge in [0.2, 0.25) is 0 Å². The molecule has 1 aromatic carbocycles. The van der Waals surface area contributed by atoms with Crippen LogP contribution in [0.2, 0.25) is 0 Å². The second-order valence-electron chi connectivity index (χ2n) is 4.06. The number of halogens is 2. The monoisotopic (exact) mass is 334 g/mol. The van der Waals surface area contributed by atoms with E-state index in [-0.39, 0.29) is 24.4 Å². The minimum atomic E-state index is -0.0575. The highest BCUT2D eigenvalue weighted by Crippen LogP contribution is 2.12. The van der Waals surface area contributed by atoms with Gasteiger partial charge < -0.3 is 11.1 Å². The van der Waals surface area contributed by atoms with Gasteiger partial charge in [-0.3, -0.25) is 4.79 Å². The Labute approximate surface area is 123 Å². The first-order valence-electron chi connectivity index (χ1n) is 5.94. The van der Waals surface area contributed by atoms with E-state index in [1.807, 2.05) is 18.2 Å². The lowest BCUT2D eigenvalue weighted by molar-refractivity contribution is 0.0935. The van der Waals surface area contributed by atoms with Gasteiger partial charge in [-0.25, -0.2) is 0 Å². The minimum Gasteiger partial charge on any atom is -0.348 e. The van der Waals surface area contributed by atoms with Gasteiger partial charge in [-0.1, -0.05) is 41.8 Å². The highest BCUT2D eigenvalue weighted by molar-refractivity contribution is 9.10. The topological polar surface area (TPSA) is 55.1 Å². The molecular formula is C13H20BrClN2O. The zero-order valence-corrected chi connectivity index (χ0v) is 12.9. The zero-order valence-electron chi connectivity index (χ0n) is 10.5. The normalized spacial score (nSPS) is 11.5. The molecule has 1 aromatic rings. The van der Waals surface area contributed by atoms with Gasteiger partial charge >= 0.3 is 0 Å². The van der Waals surface area contributed by atoms with E-state index in [1.54, 1.807) is 6.07 Å². The molecule has 0 saturated heterocycles. The molecule has 0 saturated carbocycles. The summed E-state index contributed by atoms with van der Waals surface area (Å²) in [6.07, 6.45) is 3.14. The molecule has 0 bridgehead atoms. The molecule has 0 aliphatic heterocycles. The lowest BCUT2D eigenvalue weighted by Gasteiger charge is -2.16. The summed E-state index contributed by atoms with van der Waals surface area (Å²) in [5.41, 5.74) is 6.31. The smallest absolute Gasteiger partial charge is 0.251 e. The predicted octanol–water partition coefficient (Wildman–Crippen LogP) is 3.12. The second kappa shape index (κ2) is 9.36. The van der Waals surface area contributed by atoms with Crippen molar-refractivity contribution in [3.8, 4) is 0 Å². The molecule has 102 valence electrons. The SMILES string of the molecule is CCCCC(CN)NC(=O)c1cccc(Br)c1.Cl. The van der Waals surface area contributed by atoms with Crippen LogP contribution in [0.5, 0.6) is 0 Å². The molecule has 18 heavy (non-hydrogen) atoms. The van der Waals surface area contributed by atoms with E-state index in [4.69, 9.17) is 5.73 Å². The number of carbonyl (C=O) groups excluding carboxylic acids is 1. The number of nitrogens with one attached hydrogen (secondary N) is 1. The van der Waals surface area contributed by atoms with E-state index in [0.717, 1.165) is 23.7 Å². The minimum absolute atomic E-state index is 0. The maximum absolute atomic E-state index is 11.9. The summed E-state index contributed by atoms with van der Waals surface area (Å²) in [4.78, 5) is 11.9. The van der Waals surface area contributed by atoms with Crippen LogP contribution in [0, 0.1) is 0 Å². The Morgan fingerprint density at radius 2 is 2.22 bits per heavy atom. The van der Waals surface area contributed by atoms with Gasteiger partial charge in [0, 0.05) is 22.6 Å². The molecule has 0 heterocycles. The van der Waals surface area contributed by atoms with E-state index in [1.165, 1.54) is 0 Å². The number of nitrogens with two attached hydrogens (primary N) is 1. The number of amides is 1. The summed E-state index contributed by atoms with van der Waals surface area (Å²) in [7, 11) is 0. The van der Waals surface area contributed by atoms with Crippen molar-refractivity contribution < 1.29 is 4.79 Å². The predicted molar refractivity (Wildman–Crippen MR) is 81.2 cm³/mol. The van der Waals surface area contributed by atoms with Crippen molar-refractivity contribution in [2.24, 2.45) is 5.73 Å². The maximum Gasteiger partial charge on any atom is 0.251 e. The maximum atomic E-state index is 11.9. The molecule has 1 rings (SSSR count). The van der Waals surface area contributed by atoms with E-state index < -0.39 is 0 Å². The fraction of sp³-hybridized carbons (Fsp3) is 0.462. The summed E-state index contributed by atoms with van der Waals surface area (Å²) in [6.45, 7) is 2.61. The summed E-state index contributed by atoms with van der Waals surface area (Å²) in [5.74, 6) is -0.0575. The highest BCUT2D eigenvalue weighted by atomic mass is 79.9. The molecule has 1 amide bonds. The summed E-state index contributed by atoms with van der Waals surface area (Å²) >= 11 is 3.35. The number of hydrogen-bond donors (Lipinski definition) is 2. The Kier molecular flexibility index (Phi) is 9.06. The first-order chi connectivity index (χ1) is 8.17. The molecule has 0 aliphatic rings. The van der Waals surface area contributed by atoms with Crippen molar-refractivity contribution in [2.45, 2.75) is 32.2 Å². The van der Waals surface area contributed by atoms with Crippen molar-refractivity contribution in [1.82, 2.24) is 5.32 Å². The van der Waals surface area contributed by atoms with Crippen molar-refractivity contribution in [3.63, 3.8) is 0 Å². The number of hydrogen-bond acceptors (Lipinski definition) is 2. The first-order valence-corrected chi connectivity index (χ1v) is 6.73. The largest absolute Gasteiger partial charge is 0.348 e. The summed E-state index contributed by atoms with van der Waals surface area (Å²) in [5, 5.41) is 2.96. The molecule has 1 atom stereocenters. The third-order valence-electron chi connectivity index (χ3n) is 2.61. The lowest BCUT2D eigenvalue weighted by atomic mass is 10.1. The van der Waals surface area contributed by atoms with Crippen molar-refractivity contribution in [2.75, 3.05) is 6.54 Å². The summed E-state index contributed by atoms with van der Waals surface area (Å²) in [6, 6.07) is 7.42. The van der Waals surface area contributed by atoms with E-state index >= 15 is 0 Å². The molecule has 3 nitrogen and oxygen atoms in total. The number of carbonyl (C=O) groups is 1. The Bertz CT molecular complexity index is 374. The molecule has 1 unspecified atom stereocenters. The third-order valence-corrected chi connectivity index (χ3v) is 3.11. The number of unbranched alkanes of at least 4 members (excludes halogenated alkanes) is 1. The molecule has 0 aliphatic carbocycles. The van der Waals surface area contributed by atoms with Gasteiger partial charge in [-0.15, -0.1) is 12.4 Å². The van der Waals surface area contributed by atoms with Crippen LogP contribution in [0.4, 0.5) is 0 Å². The Morgan fingerprint density at radius 1 is 1.50 bits per heavy atom. The van der Waals surface area contributed by atoms with E-state index in [0.29, 0.717) is 12.1 Å². The molecule has 0 fully saturated rings. The zero-order chi connectivity index (χ0) is 12.7. The van der Waals surface area contributed by atoms with Crippen LogP contribution >= 0.6 is 28.3 Å².